The van der Waals surface area contributed by atoms with Crippen molar-refractivity contribution in [1.82, 2.24) is 10.6 Å². The number of alkyl carbamates (subject to hydrolysis) is 1. The van der Waals surface area contributed by atoms with Crippen LogP contribution in [0.2, 0.25) is 0 Å². The van der Waals surface area contributed by atoms with Crippen LogP contribution in [0, 0.1) is 5.92 Å². The first-order valence-corrected chi connectivity index (χ1v) is 11.6. The number of fused-ring (bicyclic) bond motifs is 3. The van der Waals surface area contributed by atoms with Crippen molar-refractivity contribution in [3.8, 4) is 11.1 Å². The van der Waals surface area contributed by atoms with E-state index in [0.29, 0.717) is 0 Å². The second-order valence-corrected chi connectivity index (χ2v) is 9.30. The van der Waals surface area contributed by atoms with Gasteiger partial charge in [0.25, 0.3) is 0 Å². The van der Waals surface area contributed by atoms with E-state index in [9.17, 15) is 19.5 Å². The summed E-state index contributed by atoms with van der Waals surface area (Å²) in [7, 11) is 0. The molecule has 0 bridgehead atoms. The third-order valence-electron chi connectivity index (χ3n) is 6.68. The van der Waals surface area contributed by atoms with Crippen LogP contribution in [0.25, 0.3) is 11.1 Å². The van der Waals surface area contributed by atoms with E-state index >= 15 is 0 Å². The molecule has 2 amide bonds. The number of rotatable bonds is 10. The van der Waals surface area contributed by atoms with Crippen molar-refractivity contribution in [2.24, 2.45) is 5.92 Å². The lowest BCUT2D eigenvalue weighted by molar-refractivity contribution is -0.137. The topological polar surface area (TPSA) is 125 Å². The molecule has 1 fully saturated rings. The average Bonchev–Trinajstić information content (AvgIpc) is 3.63. The molecule has 0 aliphatic heterocycles. The summed E-state index contributed by atoms with van der Waals surface area (Å²) in [5, 5.41) is 24.6. The van der Waals surface area contributed by atoms with Crippen molar-refractivity contribution in [2.75, 3.05) is 13.2 Å². The molecule has 8 heteroatoms. The quantitative estimate of drug-likeness (QED) is 0.427. The first-order chi connectivity index (χ1) is 16.3. The van der Waals surface area contributed by atoms with E-state index in [-0.39, 0.29) is 37.8 Å². The number of aliphatic carboxylic acids is 1. The molecule has 34 heavy (non-hydrogen) atoms. The van der Waals surface area contributed by atoms with Gasteiger partial charge in [-0.2, -0.15) is 0 Å². The number of aliphatic hydroxyl groups is 1. The van der Waals surface area contributed by atoms with Gasteiger partial charge in [-0.3, -0.25) is 9.59 Å². The number of nitrogens with one attached hydrogen (secondary N) is 2. The summed E-state index contributed by atoms with van der Waals surface area (Å²) in [5.41, 5.74) is 3.32. The van der Waals surface area contributed by atoms with Gasteiger partial charge in [0.2, 0.25) is 5.91 Å². The van der Waals surface area contributed by atoms with Gasteiger partial charge in [-0.25, -0.2) is 4.79 Å². The monoisotopic (exact) mass is 466 g/mol. The van der Waals surface area contributed by atoms with Crippen molar-refractivity contribution in [3.05, 3.63) is 59.7 Å². The molecular weight excluding hydrogens is 436 g/mol. The van der Waals surface area contributed by atoms with Gasteiger partial charge in [0.15, 0.2) is 0 Å². The van der Waals surface area contributed by atoms with Crippen LogP contribution in [-0.2, 0) is 14.3 Å². The first kappa shape index (κ1) is 23.8. The maximum absolute atomic E-state index is 12.7. The zero-order valence-corrected chi connectivity index (χ0v) is 19.1. The van der Waals surface area contributed by atoms with Gasteiger partial charge in [0.05, 0.1) is 5.60 Å². The van der Waals surface area contributed by atoms with Gasteiger partial charge < -0.3 is 25.6 Å². The van der Waals surface area contributed by atoms with E-state index < -0.39 is 29.6 Å². The third-order valence-corrected chi connectivity index (χ3v) is 6.68. The molecule has 1 saturated carbocycles. The van der Waals surface area contributed by atoms with E-state index in [0.717, 1.165) is 35.1 Å². The molecule has 4 rings (SSSR count). The Balaban J connectivity index is 1.38. The molecule has 2 aliphatic rings. The van der Waals surface area contributed by atoms with Crippen molar-refractivity contribution in [1.29, 1.82) is 0 Å². The van der Waals surface area contributed by atoms with Crippen LogP contribution in [-0.4, -0.2) is 53.0 Å². The number of benzene rings is 2. The average molecular weight is 467 g/mol. The summed E-state index contributed by atoms with van der Waals surface area (Å²) in [6.07, 6.45) is 0.644. The molecule has 0 radical (unpaired) electrons. The molecule has 2 atom stereocenters. The minimum atomic E-state index is -1.08. The van der Waals surface area contributed by atoms with Gasteiger partial charge in [0, 0.05) is 18.9 Å². The minimum Gasteiger partial charge on any atom is -0.481 e. The van der Waals surface area contributed by atoms with Crippen LogP contribution >= 0.6 is 0 Å². The Bertz CT molecular complexity index is 1030. The summed E-state index contributed by atoms with van der Waals surface area (Å²) in [5.74, 6) is -1.61. The van der Waals surface area contributed by atoms with Gasteiger partial charge >= 0.3 is 12.1 Å². The third kappa shape index (κ3) is 5.39. The maximum Gasteiger partial charge on any atom is 0.407 e. The fourth-order valence-corrected chi connectivity index (χ4v) is 4.56. The molecule has 2 unspecified atom stereocenters. The number of carboxylic acids is 1. The predicted molar refractivity (Wildman–Crippen MR) is 125 cm³/mol. The van der Waals surface area contributed by atoms with Crippen molar-refractivity contribution in [2.45, 2.75) is 50.2 Å². The van der Waals surface area contributed by atoms with Crippen LogP contribution in [0.1, 0.15) is 49.7 Å². The minimum absolute atomic E-state index is 0.0342. The number of amides is 2. The summed E-state index contributed by atoms with van der Waals surface area (Å²) >= 11 is 0. The smallest absolute Gasteiger partial charge is 0.407 e. The lowest BCUT2D eigenvalue weighted by Gasteiger charge is -2.25. The highest BCUT2D eigenvalue weighted by molar-refractivity contribution is 5.86. The predicted octanol–water partition coefficient (Wildman–Crippen LogP) is 3.04. The lowest BCUT2D eigenvalue weighted by Crippen LogP contribution is -2.51. The molecule has 180 valence electrons. The zero-order chi connectivity index (χ0) is 24.3. The van der Waals surface area contributed by atoms with Crippen LogP contribution < -0.4 is 10.6 Å². The standard InChI is InChI=1S/C26H30N2O6/c1-26(33,16-10-11-16)15-27-24(31)22(12-13-23(29)30)28-25(32)34-14-21-19-8-4-2-6-17(19)18-7-3-5-9-20(18)21/h2-9,16,21-22,33H,10-15H2,1H3,(H,27,31)(H,28,32)(H,29,30). The summed E-state index contributed by atoms with van der Waals surface area (Å²) in [4.78, 5) is 36.3. The Morgan fingerprint density at radius 3 is 2.21 bits per heavy atom. The van der Waals surface area contributed by atoms with E-state index in [2.05, 4.69) is 10.6 Å². The number of carbonyl (C=O) groups excluding carboxylic acids is 2. The van der Waals surface area contributed by atoms with Crippen LogP contribution in [0.3, 0.4) is 0 Å². The highest BCUT2D eigenvalue weighted by Gasteiger charge is 2.40. The Morgan fingerprint density at radius 1 is 1.06 bits per heavy atom. The molecule has 8 nitrogen and oxygen atoms in total. The number of carbonyl (C=O) groups is 3. The van der Waals surface area contributed by atoms with Crippen LogP contribution in [0.15, 0.2) is 48.5 Å². The number of hydrogen-bond acceptors (Lipinski definition) is 5. The normalized spacial score (nSPS) is 17.1. The maximum atomic E-state index is 12.7. The second-order valence-electron chi connectivity index (χ2n) is 9.30. The highest BCUT2D eigenvalue weighted by atomic mass is 16.5. The Labute approximate surface area is 198 Å². The Morgan fingerprint density at radius 2 is 1.65 bits per heavy atom. The van der Waals surface area contributed by atoms with E-state index in [1.54, 1.807) is 6.92 Å². The van der Waals surface area contributed by atoms with Crippen LogP contribution in [0.4, 0.5) is 4.79 Å². The molecule has 4 N–H and O–H groups in total. The first-order valence-electron chi connectivity index (χ1n) is 11.6. The zero-order valence-electron chi connectivity index (χ0n) is 19.1. The molecule has 0 spiro atoms. The summed E-state index contributed by atoms with van der Waals surface area (Å²) < 4.78 is 5.49. The van der Waals surface area contributed by atoms with Gasteiger partial charge in [-0.15, -0.1) is 0 Å². The molecular formula is C26H30N2O6. The van der Waals surface area contributed by atoms with Crippen molar-refractivity contribution >= 4 is 18.0 Å². The van der Waals surface area contributed by atoms with Crippen molar-refractivity contribution < 1.29 is 29.3 Å². The molecule has 0 aromatic heterocycles. The fraction of sp³-hybridized carbons (Fsp3) is 0.423. The SMILES string of the molecule is CC(O)(CNC(=O)C(CCC(=O)O)NC(=O)OCC1c2ccccc2-c2ccccc21)C1CC1. The second kappa shape index (κ2) is 9.85. The van der Waals surface area contributed by atoms with E-state index in [4.69, 9.17) is 9.84 Å². The van der Waals surface area contributed by atoms with E-state index in [1.165, 1.54) is 0 Å². The highest BCUT2D eigenvalue weighted by Crippen LogP contribution is 2.44. The van der Waals surface area contributed by atoms with Gasteiger partial charge in [-0.1, -0.05) is 48.5 Å². The number of carboxylic acid groups (broad SMARTS) is 1. The molecule has 0 saturated heterocycles. The van der Waals surface area contributed by atoms with E-state index in [1.807, 2.05) is 48.5 Å². The molecule has 2 aromatic carbocycles. The van der Waals surface area contributed by atoms with Gasteiger partial charge in [0.1, 0.15) is 12.6 Å². The number of ether oxygens (including phenoxy) is 1. The largest absolute Gasteiger partial charge is 0.481 e. The molecule has 2 aromatic rings. The molecule has 0 heterocycles. The summed E-state index contributed by atoms with van der Waals surface area (Å²) in [6.45, 7) is 1.78. The van der Waals surface area contributed by atoms with Crippen molar-refractivity contribution in [3.63, 3.8) is 0 Å². The Hall–Kier alpha value is -3.39. The Kier molecular flexibility index (Phi) is 6.88. The summed E-state index contributed by atoms with van der Waals surface area (Å²) in [6, 6.07) is 14.8. The van der Waals surface area contributed by atoms with Gasteiger partial charge in [-0.05, 0) is 54.4 Å². The fourth-order valence-electron chi connectivity index (χ4n) is 4.56. The lowest BCUT2D eigenvalue weighted by atomic mass is 9.98. The number of hydrogen-bond donors (Lipinski definition) is 4. The van der Waals surface area contributed by atoms with Crippen LogP contribution in [0.5, 0.6) is 0 Å². The molecule has 2 aliphatic carbocycles.